The first kappa shape index (κ1) is 21.9. The summed E-state index contributed by atoms with van der Waals surface area (Å²) in [6, 6.07) is 9.42. The molecule has 0 aliphatic carbocycles. The van der Waals surface area contributed by atoms with Crippen molar-refractivity contribution in [1.82, 2.24) is 9.97 Å². The summed E-state index contributed by atoms with van der Waals surface area (Å²) in [6.45, 7) is 3.87. The number of nitrogens with one attached hydrogen (secondary N) is 1. The van der Waals surface area contributed by atoms with E-state index in [1.165, 1.54) is 11.9 Å². The van der Waals surface area contributed by atoms with Crippen LogP contribution in [-0.4, -0.2) is 34.9 Å². The lowest BCUT2D eigenvalue weighted by atomic mass is 10.0. The summed E-state index contributed by atoms with van der Waals surface area (Å²) in [5, 5.41) is 3.95. The first-order valence-electron chi connectivity index (χ1n) is 9.81. The van der Waals surface area contributed by atoms with Gasteiger partial charge in [0.05, 0.1) is 11.1 Å². The van der Waals surface area contributed by atoms with E-state index in [-0.39, 0.29) is 23.1 Å². The Hall–Kier alpha value is -3.75. The number of amides is 2. The van der Waals surface area contributed by atoms with Crippen molar-refractivity contribution < 1.29 is 14.0 Å². The third kappa shape index (κ3) is 4.88. The van der Waals surface area contributed by atoms with E-state index in [9.17, 15) is 14.0 Å². The number of hydrogen-bond donors (Lipinski definition) is 3. The molecule has 2 amide bonds. The lowest BCUT2D eigenvalue weighted by Crippen LogP contribution is -2.44. The van der Waals surface area contributed by atoms with Gasteiger partial charge in [0.1, 0.15) is 11.9 Å². The Morgan fingerprint density at radius 1 is 1.19 bits per heavy atom. The number of nitrogens with two attached hydrogens (primary N) is 2. The molecule has 1 aromatic carbocycles. The number of rotatable bonds is 8. The number of primary amides is 2. The van der Waals surface area contributed by atoms with Crippen LogP contribution in [0.15, 0.2) is 42.6 Å². The first-order chi connectivity index (χ1) is 14.7. The van der Waals surface area contributed by atoms with Gasteiger partial charge in [-0.05, 0) is 36.6 Å². The summed E-state index contributed by atoms with van der Waals surface area (Å²) < 4.78 is 14.8. The summed E-state index contributed by atoms with van der Waals surface area (Å²) in [6.07, 6.45) is 2.09. The van der Waals surface area contributed by atoms with Crippen LogP contribution in [0.3, 0.4) is 0 Å². The van der Waals surface area contributed by atoms with Crippen molar-refractivity contribution in [2.24, 2.45) is 17.4 Å². The van der Waals surface area contributed by atoms with E-state index in [0.717, 1.165) is 17.0 Å². The molecule has 0 saturated carbocycles. The van der Waals surface area contributed by atoms with Gasteiger partial charge in [0.2, 0.25) is 5.91 Å². The minimum absolute atomic E-state index is 0.0683. The summed E-state index contributed by atoms with van der Waals surface area (Å²) in [4.78, 5) is 33.9. The van der Waals surface area contributed by atoms with Crippen LogP contribution in [0.1, 0.15) is 30.6 Å². The maximum atomic E-state index is 14.8. The number of carbonyl (C=O) groups is 2. The molecule has 31 heavy (non-hydrogen) atoms. The van der Waals surface area contributed by atoms with Crippen molar-refractivity contribution in [1.29, 1.82) is 0 Å². The normalized spacial score (nSPS) is 12.0. The summed E-state index contributed by atoms with van der Waals surface area (Å²) in [5.74, 6) is -2.11. The van der Waals surface area contributed by atoms with Gasteiger partial charge >= 0.3 is 0 Å². The van der Waals surface area contributed by atoms with E-state index in [1.54, 1.807) is 18.3 Å². The fourth-order valence-corrected chi connectivity index (χ4v) is 3.35. The number of benzene rings is 1. The van der Waals surface area contributed by atoms with Crippen molar-refractivity contribution in [3.8, 4) is 0 Å². The SMILES string of the molecule is CC(C)CC(C(N)=O)N(C)c1nc(Nc2ccc3cccnc3c2)c(C(N)=O)cc1F. The molecule has 9 heteroatoms. The second-order valence-electron chi connectivity index (χ2n) is 7.75. The lowest BCUT2D eigenvalue weighted by Gasteiger charge is -2.28. The molecule has 162 valence electrons. The van der Waals surface area contributed by atoms with Crippen LogP contribution in [0.2, 0.25) is 0 Å². The summed E-state index contributed by atoms with van der Waals surface area (Å²) in [5.41, 5.74) is 12.2. The average molecular weight is 424 g/mol. The third-order valence-corrected chi connectivity index (χ3v) is 4.92. The van der Waals surface area contributed by atoms with E-state index < -0.39 is 23.7 Å². The van der Waals surface area contributed by atoms with Gasteiger partial charge in [-0.1, -0.05) is 26.0 Å². The van der Waals surface area contributed by atoms with E-state index >= 15 is 0 Å². The van der Waals surface area contributed by atoms with Crippen molar-refractivity contribution in [3.63, 3.8) is 0 Å². The zero-order chi connectivity index (χ0) is 22.7. The first-order valence-corrected chi connectivity index (χ1v) is 9.81. The second kappa shape index (κ2) is 8.95. The number of hydrogen-bond acceptors (Lipinski definition) is 6. The van der Waals surface area contributed by atoms with E-state index in [0.29, 0.717) is 12.1 Å². The van der Waals surface area contributed by atoms with Crippen LogP contribution in [0.25, 0.3) is 10.9 Å². The molecule has 3 aromatic rings. The molecule has 2 aromatic heterocycles. The number of fused-ring (bicyclic) bond motifs is 1. The van der Waals surface area contributed by atoms with Gasteiger partial charge in [0.25, 0.3) is 5.91 Å². The molecule has 5 N–H and O–H groups in total. The van der Waals surface area contributed by atoms with Crippen LogP contribution >= 0.6 is 0 Å². The zero-order valence-corrected chi connectivity index (χ0v) is 17.6. The smallest absolute Gasteiger partial charge is 0.252 e. The number of likely N-dealkylation sites (N-methyl/N-ethyl adjacent to an activating group) is 1. The van der Waals surface area contributed by atoms with Gasteiger partial charge in [-0.2, -0.15) is 0 Å². The maximum Gasteiger partial charge on any atom is 0.252 e. The minimum atomic E-state index is -0.837. The molecule has 0 spiro atoms. The molecule has 2 heterocycles. The zero-order valence-electron chi connectivity index (χ0n) is 17.6. The number of pyridine rings is 2. The molecule has 3 rings (SSSR count). The van der Waals surface area contributed by atoms with E-state index in [2.05, 4.69) is 15.3 Å². The maximum absolute atomic E-state index is 14.8. The van der Waals surface area contributed by atoms with Crippen LogP contribution < -0.4 is 21.7 Å². The van der Waals surface area contributed by atoms with E-state index in [1.807, 2.05) is 32.0 Å². The van der Waals surface area contributed by atoms with Crippen LogP contribution in [-0.2, 0) is 4.79 Å². The predicted molar refractivity (Wildman–Crippen MR) is 119 cm³/mol. The number of nitrogens with zero attached hydrogens (tertiary/aromatic N) is 3. The number of anilines is 3. The lowest BCUT2D eigenvalue weighted by molar-refractivity contribution is -0.119. The van der Waals surface area contributed by atoms with Gasteiger partial charge in [0.15, 0.2) is 11.6 Å². The molecule has 1 atom stereocenters. The average Bonchev–Trinajstić information content (AvgIpc) is 2.72. The Labute approximate surface area is 179 Å². The molecule has 0 bridgehead atoms. The third-order valence-electron chi connectivity index (χ3n) is 4.92. The van der Waals surface area contributed by atoms with Gasteiger partial charge < -0.3 is 21.7 Å². The van der Waals surface area contributed by atoms with Crippen molar-refractivity contribution in [2.75, 3.05) is 17.3 Å². The van der Waals surface area contributed by atoms with Crippen LogP contribution in [0.5, 0.6) is 0 Å². The highest BCUT2D eigenvalue weighted by Gasteiger charge is 2.27. The van der Waals surface area contributed by atoms with Crippen molar-refractivity contribution >= 4 is 40.0 Å². The molecule has 0 aliphatic rings. The Morgan fingerprint density at radius 3 is 2.58 bits per heavy atom. The van der Waals surface area contributed by atoms with Crippen LogP contribution in [0, 0.1) is 11.7 Å². The summed E-state index contributed by atoms with van der Waals surface area (Å²) >= 11 is 0. The highest BCUT2D eigenvalue weighted by atomic mass is 19.1. The topological polar surface area (TPSA) is 127 Å². The molecule has 1 unspecified atom stereocenters. The Kier molecular flexibility index (Phi) is 6.33. The molecular weight excluding hydrogens is 399 g/mol. The van der Waals surface area contributed by atoms with Crippen molar-refractivity contribution in [3.05, 3.63) is 54.0 Å². The number of carbonyl (C=O) groups excluding carboxylic acids is 2. The van der Waals surface area contributed by atoms with Gasteiger partial charge in [-0.3, -0.25) is 14.6 Å². The van der Waals surface area contributed by atoms with Crippen LogP contribution in [0.4, 0.5) is 21.7 Å². The van der Waals surface area contributed by atoms with E-state index in [4.69, 9.17) is 11.5 Å². The fourth-order valence-electron chi connectivity index (χ4n) is 3.35. The van der Waals surface area contributed by atoms with Gasteiger partial charge in [-0.15, -0.1) is 0 Å². The standard InChI is InChI=1S/C22H25FN6O2/c1-12(2)9-18(20(25)31)29(3)22-16(23)11-15(19(24)30)21(28-22)27-14-7-6-13-5-4-8-26-17(13)10-14/h4-8,10-12,18H,9H2,1-3H3,(H2,24,30)(H2,25,31)(H,27,28). The second-order valence-corrected chi connectivity index (χ2v) is 7.75. The van der Waals surface area contributed by atoms with Gasteiger partial charge in [-0.25, -0.2) is 9.37 Å². The summed E-state index contributed by atoms with van der Waals surface area (Å²) in [7, 11) is 1.54. The highest BCUT2D eigenvalue weighted by molar-refractivity contribution is 5.99. The van der Waals surface area contributed by atoms with Gasteiger partial charge in [0, 0.05) is 24.3 Å². The molecule has 0 fully saturated rings. The Balaban J connectivity index is 2.04. The Morgan fingerprint density at radius 2 is 1.94 bits per heavy atom. The fraction of sp³-hybridized carbons (Fsp3) is 0.273. The quantitative estimate of drug-likeness (QED) is 0.510. The monoisotopic (exact) mass is 424 g/mol. The molecule has 0 radical (unpaired) electrons. The number of aromatic nitrogens is 2. The molecule has 0 aliphatic heterocycles. The Bertz CT molecular complexity index is 1130. The molecular formula is C22H25FN6O2. The molecule has 8 nitrogen and oxygen atoms in total. The largest absolute Gasteiger partial charge is 0.368 e. The van der Waals surface area contributed by atoms with Crippen molar-refractivity contribution in [2.45, 2.75) is 26.3 Å². The highest BCUT2D eigenvalue weighted by Crippen LogP contribution is 2.28. The minimum Gasteiger partial charge on any atom is -0.368 e. The number of halogens is 1. The molecule has 0 saturated heterocycles. The predicted octanol–water partition coefficient (Wildman–Crippen LogP) is 2.95.